The highest BCUT2D eigenvalue weighted by Crippen LogP contribution is 2.13. The van der Waals surface area contributed by atoms with Gasteiger partial charge in [0.2, 0.25) is 5.88 Å². The van der Waals surface area contributed by atoms with Crippen LogP contribution in [0, 0.1) is 6.92 Å². The quantitative estimate of drug-likeness (QED) is 0.703. The topological polar surface area (TPSA) is 56.3 Å². The molecular weight excluding hydrogens is 218 g/mol. The lowest BCUT2D eigenvalue weighted by Crippen LogP contribution is -2.07. The van der Waals surface area contributed by atoms with Crippen LogP contribution in [0.2, 0.25) is 0 Å². The average molecular weight is 239 g/mol. The highest BCUT2D eigenvalue weighted by Gasteiger charge is 2.01. The highest BCUT2D eigenvalue weighted by molar-refractivity contribution is 5.38. The van der Waals surface area contributed by atoms with Crippen molar-refractivity contribution in [3.63, 3.8) is 0 Å². The summed E-state index contributed by atoms with van der Waals surface area (Å²) in [6, 6.07) is 1.83. The van der Waals surface area contributed by atoms with E-state index in [-0.39, 0.29) is 0 Å². The van der Waals surface area contributed by atoms with E-state index in [1.807, 2.05) is 19.9 Å². The van der Waals surface area contributed by atoms with E-state index >= 15 is 0 Å². The molecule has 1 N–H and O–H groups in total. The van der Waals surface area contributed by atoms with Crippen molar-refractivity contribution in [2.45, 2.75) is 26.7 Å². The predicted molar refractivity (Wildman–Crippen MR) is 67.5 cm³/mol. The second-order valence-corrected chi connectivity index (χ2v) is 3.70. The fourth-order valence-corrected chi connectivity index (χ4v) is 1.44. The molecule has 1 rings (SSSR count). The minimum Gasteiger partial charge on any atom is -0.478 e. The number of ether oxygens (including phenoxy) is 2. The van der Waals surface area contributed by atoms with Gasteiger partial charge in [-0.1, -0.05) is 0 Å². The molecule has 0 saturated heterocycles. The van der Waals surface area contributed by atoms with E-state index in [9.17, 15) is 0 Å². The number of anilines is 1. The monoisotopic (exact) mass is 239 g/mol. The third-order valence-corrected chi connectivity index (χ3v) is 2.19. The lowest BCUT2D eigenvalue weighted by molar-refractivity contribution is 0.194. The smallest absolute Gasteiger partial charge is 0.218 e. The molecule has 0 aliphatic carbocycles. The van der Waals surface area contributed by atoms with Crippen molar-refractivity contribution in [2.75, 3.05) is 32.2 Å². The zero-order valence-electron chi connectivity index (χ0n) is 10.8. The molecule has 0 radical (unpaired) electrons. The second-order valence-electron chi connectivity index (χ2n) is 3.70. The summed E-state index contributed by atoms with van der Waals surface area (Å²) in [5.74, 6) is 2.16. The first kappa shape index (κ1) is 13.7. The van der Waals surface area contributed by atoms with E-state index in [4.69, 9.17) is 9.47 Å². The molecule has 0 spiro atoms. The third kappa shape index (κ3) is 5.49. The van der Waals surface area contributed by atoms with Gasteiger partial charge in [-0.25, -0.2) is 4.98 Å². The Morgan fingerprint density at radius 3 is 2.82 bits per heavy atom. The Hall–Kier alpha value is -1.36. The number of nitrogens with zero attached hydrogens (tertiary/aromatic N) is 2. The molecule has 96 valence electrons. The number of methoxy groups -OCH3 is 1. The van der Waals surface area contributed by atoms with Crippen molar-refractivity contribution in [2.24, 2.45) is 0 Å². The molecule has 1 aromatic heterocycles. The fourth-order valence-electron chi connectivity index (χ4n) is 1.44. The Labute approximate surface area is 103 Å². The first-order chi connectivity index (χ1) is 8.26. The number of unbranched alkanes of at least 4 members (excludes halogenated alkanes) is 1. The molecule has 0 aromatic carbocycles. The van der Waals surface area contributed by atoms with Crippen LogP contribution < -0.4 is 10.1 Å². The van der Waals surface area contributed by atoms with Crippen molar-refractivity contribution in [3.8, 4) is 5.88 Å². The molecule has 17 heavy (non-hydrogen) atoms. The van der Waals surface area contributed by atoms with Crippen LogP contribution in [0.25, 0.3) is 0 Å². The van der Waals surface area contributed by atoms with Crippen LogP contribution in [0.15, 0.2) is 6.07 Å². The molecule has 0 aliphatic heterocycles. The number of rotatable bonds is 8. The van der Waals surface area contributed by atoms with Gasteiger partial charge in [-0.05, 0) is 26.7 Å². The van der Waals surface area contributed by atoms with Gasteiger partial charge in [0, 0.05) is 26.3 Å². The summed E-state index contributed by atoms with van der Waals surface area (Å²) in [6.45, 7) is 6.09. The van der Waals surface area contributed by atoms with Gasteiger partial charge in [-0.3, -0.25) is 0 Å². The summed E-state index contributed by atoms with van der Waals surface area (Å²) in [5, 5.41) is 3.26. The largest absolute Gasteiger partial charge is 0.478 e. The molecule has 5 heteroatoms. The van der Waals surface area contributed by atoms with Crippen molar-refractivity contribution in [1.29, 1.82) is 0 Å². The second kappa shape index (κ2) is 7.84. The van der Waals surface area contributed by atoms with Crippen LogP contribution in [0.3, 0.4) is 0 Å². The molecule has 5 nitrogen and oxygen atoms in total. The fraction of sp³-hybridized carbons (Fsp3) is 0.667. The predicted octanol–water partition coefficient (Wildman–Crippen LogP) is 2.02. The minimum absolute atomic E-state index is 0.615. The maximum absolute atomic E-state index is 5.36. The van der Waals surface area contributed by atoms with Gasteiger partial charge in [-0.15, -0.1) is 0 Å². The average Bonchev–Trinajstić information content (AvgIpc) is 2.28. The number of hydrogen-bond donors (Lipinski definition) is 1. The molecule has 0 saturated carbocycles. The van der Waals surface area contributed by atoms with Gasteiger partial charge in [-0.2, -0.15) is 4.98 Å². The van der Waals surface area contributed by atoms with Crippen molar-refractivity contribution in [3.05, 3.63) is 11.9 Å². The molecule has 0 atom stereocenters. The van der Waals surface area contributed by atoms with Crippen LogP contribution in [0.1, 0.15) is 25.6 Å². The van der Waals surface area contributed by atoms with Crippen LogP contribution in [-0.4, -0.2) is 36.8 Å². The number of hydrogen-bond acceptors (Lipinski definition) is 5. The van der Waals surface area contributed by atoms with E-state index in [1.165, 1.54) is 0 Å². The maximum Gasteiger partial charge on any atom is 0.218 e. The Kier molecular flexibility index (Phi) is 6.32. The Morgan fingerprint density at radius 2 is 2.12 bits per heavy atom. The van der Waals surface area contributed by atoms with Crippen molar-refractivity contribution in [1.82, 2.24) is 9.97 Å². The third-order valence-electron chi connectivity index (χ3n) is 2.19. The standard InChI is InChI=1S/C12H21N3O2/c1-4-17-12-9-11(14-10(2)15-12)13-7-5-6-8-16-3/h9H,4-8H2,1-3H3,(H,13,14,15). The molecular formula is C12H21N3O2. The van der Waals surface area contributed by atoms with Gasteiger partial charge < -0.3 is 14.8 Å². The van der Waals surface area contributed by atoms with Crippen LogP contribution in [0.5, 0.6) is 5.88 Å². The lowest BCUT2D eigenvalue weighted by Gasteiger charge is -2.08. The van der Waals surface area contributed by atoms with Gasteiger partial charge in [0.1, 0.15) is 11.6 Å². The number of aromatic nitrogens is 2. The highest BCUT2D eigenvalue weighted by atomic mass is 16.5. The van der Waals surface area contributed by atoms with E-state index in [0.717, 1.165) is 37.6 Å². The van der Waals surface area contributed by atoms with Gasteiger partial charge in [0.15, 0.2) is 0 Å². The molecule has 0 fully saturated rings. The van der Waals surface area contributed by atoms with Crippen LogP contribution >= 0.6 is 0 Å². The zero-order chi connectivity index (χ0) is 12.5. The lowest BCUT2D eigenvalue weighted by atomic mass is 10.3. The van der Waals surface area contributed by atoms with Gasteiger partial charge in [0.05, 0.1) is 6.61 Å². The van der Waals surface area contributed by atoms with Crippen molar-refractivity contribution >= 4 is 5.82 Å². The molecule has 1 heterocycles. The first-order valence-electron chi connectivity index (χ1n) is 5.97. The Balaban J connectivity index is 2.41. The van der Waals surface area contributed by atoms with E-state index in [1.54, 1.807) is 7.11 Å². The normalized spacial score (nSPS) is 10.3. The van der Waals surface area contributed by atoms with Gasteiger partial charge >= 0.3 is 0 Å². The molecule has 0 amide bonds. The van der Waals surface area contributed by atoms with Crippen LogP contribution in [0.4, 0.5) is 5.82 Å². The van der Waals surface area contributed by atoms with E-state index in [0.29, 0.717) is 12.5 Å². The Morgan fingerprint density at radius 1 is 1.29 bits per heavy atom. The summed E-state index contributed by atoms with van der Waals surface area (Å²) in [7, 11) is 1.72. The molecule has 0 bridgehead atoms. The summed E-state index contributed by atoms with van der Waals surface area (Å²) < 4.78 is 10.4. The summed E-state index contributed by atoms with van der Waals surface area (Å²) >= 11 is 0. The van der Waals surface area contributed by atoms with Gasteiger partial charge in [0.25, 0.3) is 0 Å². The SMILES string of the molecule is CCOc1cc(NCCCCOC)nc(C)n1. The zero-order valence-corrected chi connectivity index (χ0v) is 10.8. The molecule has 1 aromatic rings. The summed E-state index contributed by atoms with van der Waals surface area (Å²) in [5.41, 5.74) is 0. The Bertz CT molecular complexity index is 332. The molecule has 0 aliphatic rings. The maximum atomic E-state index is 5.36. The summed E-state index contributed by atoms with van der Waals surface area (Å²) in [4.78, 5) is 8.49. The minimum atomic E-state index is 0.615. The summed E-state index contributed by atoms with van der Waals surface area (Å²) in [6.07, 6.45) is 2.10. The van der Waals surface area contributed by atoms with E-state index < -0.39 is 0 Å². The van der Waals surface area contributed by atoms with E-state index in [2.05, 4.69) is 15.3 Å². The van der Waals surface area contributed by atoms with Crippen LogP contribution in [-0.2, 0) is 4.74 Å². The number of aryl methyl sites for hydroxylation is 1. The van der Waals surface area contributed by atoms with Crippen molar-refractivity contribution < 1.29 is 9.47 Å². The first-order valence-corrected chi connectivity index (χ1v) is 5.97. The number of nitrogens with one attached hydrogen (secondary N) is 1. The molecule has 0 unspecified atom stereocenters.